The number of rotatable bonds is 8. The molecule has 0 bridgehead atoms. The number of carbonyl (C=O) groups excluding carboxylic acids is 1. The largest absolute Gasteiger partial charge is 0.497 e. The van der Waals surface area contributed by atoms with Gasteiger partial charge in [0.05, 0.1) is 13.2 Å². The summed E-state index contributed by atoms with van der Waals surface area (Å²) in [6.45, 7) is 2.18. The summed E-state index contributed by atoms with van der Waals surface area (Å²) >= 11 is 3.54. The van der Waals surface area contributed by atoms with E-state index in [-0.39, 0.29) is 24.5 Å². The number of halogens is 1. The highest BCUT2D eigenvalue weighted by molar-refractivity contribution is 9.10. The van der Waals surface area contributed by atoms with Gasteiger partial charge in [-0.05, 0) is 60.7 Å². The quantitative estimate of drug-likeness (QED) is 0.454. The van der Waals surface area contributed by atoms with E-state index < -0.39 is 0 Å². The van der Waals surface area contributed by atoms with Gasteiger partial charge in [0, 0.05) is 36.1 Å². The first kappa shape index (κ1) is 23.6. The molecule has 9 heteroatoms. The van der Waals surface area contributed by atoms with Crippen LogP contribution in [0, 0.1) is 0 Å². The molecule has 0 aliphatic carbocycles. The van der Waals surface area contributed by atoms with E-state index in [1.807, 2.05) is 35.2 Å². The third-order valence-electron chi connectivity index (χ3n) is 6.19. The molecule has 1 aromatic heterocycles. The van der Waals surface area contributed by atoms with Crippen LogP contribution < -0.4 is 19.7 Å². The average Bonchev–Trinajstić information content (AvgIpc) is 3.56. The monoisotopic (exact) mass is 538 g/mol. The van der Waals surface area contributed by atoms with Gasteiger partial charge < -0.3 is 24.4 Å². The Morgan fingerprint density at radius 3 is 3.03 bits per heavy atom. The summed E-state index contributed by atoms with van der Waals surface area (Å²) in [5, 5.41) is 2.95. The molecule has 0 spiro atoms. The molecule has 1 atom stereocenters. The summed E-state index contributed by atoms with van der Waals surface area (Å²) < 4.78 is 18.1. The summed E-state index contributed by atoms with van der Waals surface area (Å²) in [7, 11) is 1.62. The molecular weight excluding hydrogens is 512 g/mol. The number of hydrogen-bond donors (Lipinski definition) is 1. The molecular formula is C26H27BrN4O4. The molecule has 2 aliphatic rings. The minimum absolute atomic E-state index is 0.0423. The number of amides is 1. The predicted octanol–water partition coefficient (Wildman–Crippen LogP) is 4.43. The van der Waals surface area contributed by atoms with Crippen LogP contribution in [0.25, 0.3) is 0 Å². The molecule has 0 radical (unpaired) electrons. The van der Waals surface area contributed by atoms with Crippen LogP contribution in [-0.2, 0) is 17.8 Å². The Kier molecular flexibility index (Phi) is 7.15. The van der Waals surface area contributed by atoms with E-state index in [1.54, 1.807) is 13.3 Å². The lowest BCUT2D eigenvalue weighted by molar-refractivity contribution is 0.0853. The lowest BCUT2D eigenvalue weighted by atomic mass is 10.2. The summed E-state index contributed by atoms with van der Waals surface area (Å²) in [6, 6.07) is 13.8. The van der Waals surface area contributed by atoms with Crippen molar-refractivity contribution in [3.63, 3.8) is 0 Å². The highest BCUT2D eigenvalue weighted by atomic mass is 79.9. The highest BCUT2D eigenvalue weighted by Crippen LogP contribution is 2.35. The van der Waals surface area contributed by atoms with Crippen molar-refractivity contribution in [2.45, 2.75) is 32.0 Å². The van der Waals surface area contributed by atoms with Crippen LogP contribution >= 0.6 is 15.9 Å². The minimum atomic E-state index is -0.279. The second-order valence-electron chi connectivity index (χ2n) is 8.55. The van der Waals surface area contributed by atoms with Gasteiger partial charge in [-0.1, -0.05) is 28.1 Å². The van der Waals surface area contributed by atoms with Gasteiger partial charge >= 0.3 is 0 Å². The molecule has 1 unspecified atom stereocenters. The molecule has 182 valence electrons. The number of nitrogens with one attached hydrogen (secondary N) is 1. The molecule has 8 nitrogen and oxygen atoms in total. The van der Waals surface area contributed by atoms with E-state index in [9.17, 15) is 4.79 Å². The number of nitrogens with zero attached hydrogens (tertiary/aromatic N) is 3. The van der Waals surface area contributed by atoms with Crippen molar-refractivity contribution in [1.82, 2.24) is 15.3 Å². The maximum absolute atomic E-state index is 13.0. The molecule has 1 saturated heterocycles. The Labute approximate surface area is 212 Å². The van der Waals surface area contributed by atoms with Crippen LogP contribution in [0.1, 0.15) is 34.3 Å². The van der Waals surface area contributed by atoms with Crippen LogP contribution in [-0.4, -0.2) is 48.8 Å². The second-order valence-corrected chi connectivity index (χ2v) is 9.46. The van der Waals surface area contributed by atoms with E-state index in [1.165, 1.54) is 5.56 Å². The Balaban J connectivity index is 1.40. The predicted molar refractivity (Wildman–Crippen MR) is 136 cm³/mol. The number of ether oxygens (including phenoxy) is 3. The molecule has 1 N–H and O–H groups in total. The van der Waals surface area contributed by atoms with E-state index in [0.29, 0.717) is 18.1 Å². The number of benzene rings is 2. The fourth-order valence-electron chi connectivity index (χ4n) is 4.35. The van der Waals surface area contributed by atoms with Gasteiger partial charge in [-0.3, -0.25) is 4.79 Å². The van der Waals surface area contributed by atoms with Crippen LogP contribution in [0.15, 0.2) is 53.1 Å². The van der Waals surface area contributed by atoms with Crippen molar-refractivity contribution in [1.29, 1.82) is 0 Å². The van der Waals surface area contributed by atoms with E-state index in [0.717, 1.165) is 53.9 Å². The number of anilines is 2. The lowest BCUT2D eigenvalue weighted by Gasteiger charge is -2.19. The van der Waals surface area contributed by atoms with Gasteiger partial charge in [0.2, 0.25) is 11.8 Å². The Morgan fingerprint density at radius 2 is 2.20 bits per heavy atom. The van der Waals surface area contributed by atoms with Crippen LogP contribution in [0.5, 0.6) is 11.6 Å². The summed E-state index contributed by atoms with van der Waals surface area (Å²) in [6.07, 6.45) is 4.44. The standard InChI is InChI=1S/C26H27BrN4O4/c1-33-20-5-2-4-17(12-20)16-35-25-22(24(32)28-14-21-6-3-11-34-21)15-29-26(30-25)31-10-9-18-13-19(27)7-8-23(18)31/h2,4-5,7-8,12-13,15,21H,3,6,9-11,14,16H2,1H3,(H,28,32). The number of carbonyl (C=O) groups is 1. The van der Waals surface area contributed by atoms with Gasteiger partial charge in [0.25, 0.3) is 5.91 Å². The lowest BCUT2D eigenvalue weighted by Crippen LogP contribution is -2.32. The Morgan fingerprint density at radius 1 is 1.29 bits per heavy atom. The van der Waals surface area contributed by atoms with E-state index in [4.69, 9.17) is 19.2 Å². The zero-order valence-corrected chi connectivity index (χ0v) is 21.1. The fraction of sp³-hybridized carbons (Fsp3) is 0.346. The number of hydrogen-bond acceptors (Lipinski definition) is 7. The molecule has 5 rings (SSSR count). The molecule has 3 heterocycles. The molecule has 3 aromatic rings. The molecule has 0 saturated carbocycles. The zero-order valence-electron chi connectivity index (χ0n) is 19.5. The first-order valence-electron chi connectivity index (χ1n) is 11.7. The van der Waals surface area contributed by atoms with Gasteiger partial charge in [0.15, 0.2) is 0 Å². The van der Waals surface area contributed by atoms with Crippen LogP contribution in [0.4, 0.5) is 11.6 Å². The van der Waals surface area contributed by atoms with E-state index >= 15 is 0 Å². The second kappa shape index (κ2) is 10.6. The van der Waals surface area contributed by atoms with Crippen molar-refractivity contribution < 1.29 is 19.0 Å². The van der Waals surface area contributed by atoms with Crippen molar-refractivity contribution in [2.75, 3.05) is 31.7 Å². The molecule has 1 amide bonds. The fourth-order valence-corrected chi connectivity index (χ4v) is 4.76. The van der Waals surface area contributed by atoms with E-state index in [2.05, 4.69) is 38.4 Å². The van der Waals surface area contributed by atoms with Gasteiger partial charge in [0.1, 0.15) is 17.9 Å². The van der Waals surface area contributed by atoms with Gasteiger partial charge in [-0.25, -0.2) is 4.98 Å². The zero-order chi connectivity index (χ0) is 24.2. The Bertz CT molecular complexity index is 1220. The maximum atomic E-state index is 13.0. The molecule has 35 heavy (non-hydrogen) atoms. The third-order valence-corrected chi connectivity index (χ3v) is 6.68. The van der Waals surface area contributed by atoms with Crippen molar-refractivity contribution in [3.05, 3.63) is 69.8 Å². The smallest absolute Gasteiger partial charge is 0.258 e. The summed E-state index contributed by atoms with van der Waals surface area (Å²) in [5.41, 5.74) is 3.49. The molecule has 2 aliphatic heterocycles. The SMILES string of the molecule is COc1cccc(COc2nc(N3CCc4cc(Br)ccc43)ncc2C(=O)NCC2CCCO2)c1. The Hall–Kier alpha value is -3.17. The summed E-state index contributed by atoms with van der Waals surface area (Å²) in [5.74, 6) is 1.21. The third kappa shape index (κ3) is 5.41. The summed E-state index contributed by atoms with van der Waals surface area (Å²) in [4.78, 5) is 24.3. The first-order valence-corrected chi connectivity index (χ1v) is 12.5. The number of methoxy groups -OCH3 is 1. The normalized spacial score (nSPS) is 16.7. The van der Waals surface area contributed by atoms with Gasteiger partial charge in [-0.2, -0.15) is 4.98 Å². The number of fused-ring (bicyclic) bond motifs is 1. The topological polar surface area (TPSA) is 85.8 Å². The highest BCUT2D eigenvalue weighted by Gasteiger charge is 2.26. The first-order chi connectivity index (χ1) is 17.1. The van der Waals surface area contributed by atoms with Crippen molar-refractivity contribution >= 4 is 33.5 Å². The maximum Gasteiger partial charge on any atom is 0.258 e. The average molecular weight is 539 g/mol. The molecule has 1 fully saturated rings. The molecule has 2 aromatic carbocycles. The minimum Gasteiger partial charge on any atom is -0.497 e. The van der Waals surface area contributed by atoms with Crippen molar-refractivity contribution in [3.8, 4) is 11.6 Å². The van der Waals surface area contributed by atoms with Crippen LogP contribution in [0.3, 0.4) is 0 Å². The van der Waals surface area contributed by atoms with Crippen molar-refractivity contribution in [2.24, 2.45) is 0 Å². The van der Waals surface area contributed by atoms with Crippen LogP contribution in [0.2, 0.25) is 0 Å². The number of aromatic nitrogens is 2. The van der Waals surface area contributed by atoms with Gasteiger partial charge in [-0.15, -0.1) is 0 Å².